The molecule has 0 bridgehead atoms. The van der Waals surface area contributed by atoms with Crippen LogP contribution in [0.25, 0.3) is 0 Å². The highest BCUT2D eigenvalue weighted by Crippen LogP contribution is 2.21. The minimum Gasteiger partial charge on any atom is -0.508 e. The van der Waals surface area contributed by atoms with Crippen LogP contribution in [0.4, 0.5) is 0 Å². The van der Waals surface area contributed by atoms with Crippen LogP contribution in [-0.2, 0) is 27.2 Å². The van der Waals surface area contributed by atoms with Gasteiger partial charge in [0.15, 0.2) is 0 Å². The highest BCUT2D eigenvalue weighted by molar-refractivity contribution is 5.92. The molecule has 0 heterocycles. The Morgan fingerprint density at radius 2 is 1.55 bits per heavy atom. The van der Waals surface area contributed by atoms with E-state index < -0.39 is 35.8 Å². The third-order valence-electron chi connectivity index (χ3n) is 5.14. The Morgan fingerprint density at radius 3 is 2.10 bits per heavy atom. The van der Waals surface area contributed by atoms with Gasteiger partial charge in [-0.25, -0.2) is 0 Å². The summed E-state index contributed by atoms with van der Waals surface area (Å²) in [4.78, 5) is 36.8. The highest BCUT2D eigenvalue weighted by Gasteiger charge is 2.25. The molecule has 0 saturated carbocycles. The number of carbonyl (C=O) groups excluding carboxylic acids is 3. The van der Waals surface area contributed by atoms with Crippen molar-refractivity contribution in [2.24, 2.45) is 11.5 Å². The lowest BCUT2D eigenvalue weighted by atomic mass is 9.96. The fourth-order valence-corrected chi connectivity index (χ4v) is 3.36. The number of phenols is 1. The zero-order valence-electron chi connectivity index (χ0n) is 18.0. The molecule has 3 atom stereocenters. The molecule has 2 aromatic rings. The van der Waals surface area contributed by atoms with Crippen LogP contribution in [0.2, 0.25) is 0 Å². The van der Waals surface area contributed by atoms with Gasteiger partial charge in [0.25, 0.3) is 0 Å². The number of nitrogens with one attached hydrogen (secondary N) is 2. The van der Waals surface area contributed by atoms with Crippen molar-refractivity contribution in [1.29, 1.82) is 0 Å². The van der Waals surface area contributed by atoms with Gasteiger partial charge in [-0.3, -0.25) is 14.4 Å². The number of primary amides is 1. The lowest BCUT2D eigenvalue weighted by molar-refractivity contribution is -0.131. The van der Waals surface area contributed by atoms with Gasteiger partial charge >= 0.3 is 0 Å². The summed E-state index contributed by atoms with van der Waals surface area (Å²) >= 11 is 0. The molecular formula is C23H30N4O4. The predicted octanol–water partition coefficient (Wildman–Crippen LogP) is 0.596. The summed E-state index contributed by atoms with van der Waals surface area (Å²) in [5, 5.41) is 14.8. The first-order valence-corrected chi connectivity index (χ1v) is 10.1. The number of hydrogen-bond donors (Lipinski definition) is 5. The molecule has 166 valence electrons. The first-order chi connectivity index (χ1) is 14.6. The van der Waals surface area contributed by atoms with E-state index in [0.717, 1.165) is 22.3 Å². The summed E-state index contributed by atoms with van der Waals surface area (Å²) < 4.78 is 0. The van der Waals surface area contributed by atoms with Gasteiger partial charge in [-0.1, -0.05) is 30.3 Å². The summed E-state index contributed by atoms with van der Waals surface area (Å²) in [6, 6.07) is 9.72. The average molecular weight is 427 g/mol. The molecule has 2 rings (SSSR count). The average Bonchev–Trinajstić information content (AvgIpc) is 2.70. The quantitative estimate of drug-likeness (QED) is 0.398. The maximum atomic E-state index is 12.5. The molecule has 0 aliphatic heterocycles. The van der Waals surface area contributed by atoms with Gasteiger partial charge in [0.1, 0.15) is 17.8 Å². The molecule has 0 saturated heterocycles. The highest BCUT2D eigenvalue weighted by atomic mass is 16.3. The lowest BCUT2D eigenvalue weighted by Gasteiger charge is -2.21. The van der Waals surface area contributed by atoms with Gasteiger partial charge in [-0.05, 0) is 61.6 Å². The standard InChI is InChI=1S/C23H30N4O4/c1-13-9-17(28)10-14(2)18(13)12-19(24)23(31)26-15(3)22(30)27-20(21(25)29)11-16-7-5-4-6-8-16/h4-10,15,19-20,28H,11-12,24H2,1-3H3,(H2,25,29)(H,26,31)(H,27,30). The molecule has 8 heteroatoms. The molecular weight excluding hydrogens is 396 g/mol. The van der Waals surface area contributed by atoms with E-state index in [2.05, 4.69) is 10.6 Å². The van der Waals surface area contributed by atoms with Crippen LogP contribution in [-0.4, -0.2) is 41.0 Å². The number of rotatable bonds is 9. The maximum absolute atomic E-state index is 12.5. The van der Waals surface area contributed by atoms with Crippen molar-refractivity contribution in [1.82, 2.24) is 10.6 Å². The number of aromatic hydroxyl groups is 1. The van der Waals surface area contributed by atoms with Crippen LogP contribution in [0.1, 0.15) is 29.2 Å². The van der Waals surface area contributed by atoms with Crippen molar-refractivity contribution >= 4 is 17.7 Å². The summed E-state index contributed by atoms with van der Waals surface area (Å²) in [5.74, 6) is -1.53. The Bertz CT molecular complexity index is 923. The van der Waals surface area contributed by atoms with E-state index >= 15 is 0 Å². The maximum Gasteiger partial charge on any atom is 0.242 e. The molecule has 0 aliphatic rings. The Labute approximate surface area is 182 Å². The monoisotopic (exact) mass is 426 g/mol. The lowest BCUT2D eigenvalue weighted by Crippen LogP contribution is -2.55. The molecule has 0 aromatic heterocycles. The minimum atomic E-state index is -0.904. The first-order valence-electron chi connectivity index (χ1n) is 10.1. The second kappa shape index (κ2) is 10.6. The summed E-state index contributed by atoms with van der Waals surface area (Å²) in [6.07, 6.45) is 0.511. The van der Waals surface area contributed by atoms with Gasteiger partial charge in [-0.2, -0.15) is 0 Å². The Balaban J connectivity index is 1.96. The van der Waals surface area contributed by atoms with Crippen molar-refractivity contribution in [2.75, 3.05) is 0 Å². The van der Waals surface area contributed by atoms with Crippen molar-refractivity contribution in [3.05, 3.63) is 64.7 Å². The van der Waals surface area contributed by atoms with Crippen molar-refractivity contribution in [3.63, 3.8) is 0 Å². The summed E-state index contributed by atoms with van der Waals surface area (Å²) in [7, 11) is 0. The zero-order chi connectivity index (χ0) is 23.1. The molecule has 31 heavy (non-hydrogen) atoms. The molecule has 7 N–H and O–H groups in total. The van der Waals surface area contributed by atoms with E-state index in [1.54, 1.807) is 12.1 Å². The molecule has 2 aromatic carbocycles. The molecule has 0 radical (unpaired) electrons. The first kappa shape index (κ1) is 23.9. The smallest absolute Gasteiger partial charge is 0.242 e. The fraction of sp³-hybridized carbons (Fsp3) is 0.348. The molecule has 3 amide bonds. The normalized spacial score (nSPS) is 13.7. The summed E-state index contributed by atoms with van der Waals surface area (Å²) in [6.45, 7) is 5.18. The number of amides is 3. The van der Waals surface area contributed by atoms with E-state index in [9.17, 15) is 19.5 Å². The Kier molecular flexibility index (Phi) is 8.15. The van der Waals surface area contributed by atoms with Crippen molar-refractivity contribution in [2.45, 2.75) is 51.7 Å². The molecule has 0 aliphatic carbocycles. The number of nitrogens with two attached hydrogens (primary N) is 2. The van der Waals surface area contributed by atoms with Crippen LogP contribution in [0.3, 0.4) is 0 Å². The van der Waals surface area contributed by atoms with Crippen LogP contribution in [0.15, 0.2) is 42.5 Å². The zero-order valence-corrected chi connectivity index (χ0v) is 18.0. The summed E-state index contributed by atoms with van der Waals surface area (Å²) in [5.41, 5.74) is 14.9. The minimum absolute atomic E-state index is 0.154. The second-order valence-corrected chi connectivity index (χ2v) is 7.75. The van der Waals surface area contributed by atoms with Gasteiger partial charge in [0.05, 0.1) is 6.04 Å². The van der Waals surface area contributed by atoms with Crippen LogP contribution in [0, 0.1) is 13.8 Å². The third-order valence-corrected chi connectivity index (χ3v) is 5.14. The Hall–Kier alpha value is -3.39. The van der Waals surface area contributed by atoms with Gasteiger partial charge < -0.3 is 27.2 Å². The number of aryl methyl sites for hydroxylation is 2. The van der Waals surface area contributed by atoms with Crippen LogP contribution in [0.5, 0.6) is 5.75 Å². The topological polar surface area (TPSA) is 148 Å². The second-order valence-electron chi connectivity index (χ2n) is 7.75. The number of phenolic OH excluding ortho intramolecular Hbond substituents is 1. The van der Waals surface area contributed by atoms with E-state index in [0.29, 0.717) is 0 Å². The van der Waals surface area contributed by atoms with Gasteiger partial charge in [0, 0.05) is 6.42 Å². The van der Waals surface area contributed by atoms with E-state index in [4.69, 9.17) is 11.5 Å². The molecule has 0 spiro atoms. The van der Waals surface area contributed by atoms with E-state index in [1.165, 1.54) is 6.92 Å². The van der Waals surface area contributed by atoms with Crippen LogP contribution >= 0.6 is 0 Å². The largest absolute Gasteiger partial charge is 0.508 e. The SMILES string of the molecule is Cc1cc(O)cc(C)c1CC(N)C(=O)NC(C)C(=O)NC(Cc1ccccc1)C(N)=O. The number of hydrogen-bond acceptors (Lipinski definition) is 5. The van der Waals surface area contributed by atoms with Crippen LogP contribution < -0.4 is 22.1 Å². The van der Waals surface area contributed by atoms with Crippen molar-refractivity contribution in [3.8, 4) is 5.75 Å². The van der Waals surface area contributed by atoms with E-state index in [-0.39, 0.29) is 18.6 Å². The molecule has 3 unspecified atom stereocenters. The fourth-order valence-electron chi connectivity index (χ4n) is 3.36. The number of carbonyl (C=O) groups is 3. The molecule has 0 fully saturated rings. The molecule has 8 nitrogen and oxygen atoms in total. The Morgan fingerprint density at radius 1 is 0.968 bits per heavy atom. The van der Waals surface area contributed by atoms with E-state index in [1.807, 2.05) is 44.2 Å². The predicted molar refractivity (Wildman–Crippen MR) is 118 cm³/mol. The third kappa shape index (κ3) is 6.82. The van der Waals surface area contributed by atoms with Gasteiger partial charge in [-0.15, -0.1) is 0 Å². The number of benzene rings is 2. The van der Waals surface area contributed by atoms with Gasteiger partial charge in [0.2, 0.25) is 17.7 Å². The van der Waals surface area contributed by atoms with Crippen molar-refractivity contribution < 1.29 is 19.5 Å².